The summed E-state index contributed by atoms with van der Waals surface area (Å²) in [5.41, 5.74) is 8.50. The van der Waals surface area contributed by atoms with Crippen LogP contribution in [-0.4, -0.2) is 23.6 Å². The van der Waals surface area contributed by atoms with Gasteiger partial charge in [-0.1, -0.05) is 35.3 Å². The van der Waals surface area contributed by atoms with Crippen molar-refractivity contribution in [3.8, 4) is 0 Å². The number of hydrogen-bond acceptors (Lipinski definition) is 5. The molecule has 36 heavy (non-hydrogen) atoms. The highest BCUT2D eigenvalue weighted by Gasteiger charge is 2.12. The highest BCUT2D eigenvalue weighted by Crippen LogP contribution is 2.27. The molecule has 4 rings (SSSR count). The number of nitrogens with one attached hydrogen (secondary N) is 2. The Morgan fingerprint density at radius 1 is 0.917 bits per heavy atom. The number of aryl methyl sites for hydroxylation is 1. The van der Waals surface area contributed by atoms with E-state index in [4.69, 9.17) is 28.9 Å². The molecule has 0 saturated heterocycles. The molecule has 1 heterocycles. The van der Waals surface area contributed by atoms with E-state index in [1.54, 1.807) is 54.6 Å². The van der Waals surface area contributed by atoms with E-state index in [9.17, 15) is 19.2 Å². The van der Waals surface area contributed by atoms with E-state index < -0.39 is 11.9 Å². The zero-order valence-corrected chi connectivity index (χ0v) is 20.8. The van der Waals surface area contributed by atoms with Gasteiger partial charge in [0.2, 0.25) is 5.91 Å². The number of fused-ring (bicyclic) bond motifs is 1. The van der Waals surface area contributed by atoms with Crippen LogP contribution >= 0.6 is 23.2 Å². The molecule has 0 unspecified atom stereocenters. The van der Waals surface area contributed by atoms with Crippen molar-refractivity contribution in [2.75, 3.05) is 16.4 Å². The summed E-state index contributed by atoms with van der Waals surface area (Å²) in [4.78, 5) is 52.4. The summed E-state index contributed by atoms with van der Waals surface area (Å²) in [7, 11) is 0. The standard InChI is InChI=1S/C14H12Cl2N2O.C11H9N3O3/c1-8-6-11(16)12(17)7-13(8)18-14(19)9-4-2-3-5-10(9)15;1-6(15)4-10(16)12-7-2-3-8-9(5-7)14-11(17)13-8/h2-7H,17H2,1H3,(H,18,19);2-3,5H,4H2,1H3,(H,12,16). The number of nitrogen functional groups attached to an aromatic ring is 1. The van der Waals surface area contributed by atoms with Crippen LogP contribution in [-0.2, 0) is 9.59 Å². The van der Waals surface area contributed by atoms with Crippen molar-refractivity contribution in [1.29, 1.82) is 0 Å². The number of ketones is 1. The number of nitrogens with two attached hydrogens (primary N) is 1. The van der Waals surface area contributed by atoms with E-state index >= 15 is 0 Å². The van der Waals surface area contributed by atoms with Crippen LogP contribution in [0.15, 0.2) is 64.6 Å². The fourth-order valence-electron chi connectivity index (χ4n) is 3.11. The Balaban J connectivity index is 0.000000202. The van der Waals surface area contributed by atoms with Crippen LogP contribution < -0.4 is 27.1 Å². The average Bonchev–Trinajstić information content (AvgIpc) is 3.17. The minimum absolute atomic E-state index is 0.169. The molecule has 0 aliphatic carbocycles. The summed E-state index contributed by atoms with van der Waals surface area (Å²) in [5, 5.41) is 7.10. The molecule has 1 aliphatic rings. The molecule has 0 aromatic heterocycles. The smallest absolute Gasteiger partial charge is 0.368 e. The van der Waals surface area contributed by atoms with Crippen molar-refractivity contribution in [3.05, 3.63) is 86.5 Å². The molecule has 3 aromatic rings. The van der Waals surface area contributed by atoms with Gasteiger partial charge in [0.05, 0.1) is 38.4 Å². The number of halogens is 2. The molecule has 9 nitrogen and oxygen atoms in total. The maximum absolute atomic E-state index is 12.1. The fourth-order valence-corrected chi connectivity index (χ4v) is 3.55. The second-order valence-electron chi connectivity index (χ2n) is 7.76. The molecule has 184 valence electrons. The van der Waals surface area contributed by atoms with Gasteiger partial charge < -0.3 is 16.4 Å². The monoisotopic (exact) mass is 525 g/mol. The molecule has 0 radical (unpaired) electrons. The van der Waals surface area contributed by atoms with Gasteiger partial charge in [-0.2, -0.15) is 9.98 Å². The molecule has 4 N–H and O–H groups in total. The van der Waals surface area contributed by atoms with Crippen LogP contribution in [0.1, 0.15) is 29.3 Å². The van der Waals surface area contributed by atoms with Gasteiger partial charge in [0.25, 0.3) is 5.91 Å². The molecule has 3 aromatic carbocycles. The molecule has 0 atom stereocenters. The van der Waals surface area contributed by atoms with Gasteiger partial charge >= 0.3 is 6.03 Å². The number of amides is 4. The number of urea groups is 1. The van der Waals surface area contributed by atoms with E-state index in [0.29, 0.717) is 43.4 Å². The van der Waals surface area contributed by atoms with Crippen LogP contribution in [0, 0.1) is 6.92 Å². The summed E-state index contributed by atoms with van der Waals surface area (Å²) in [6.45, 7) is 3.18. The Labute approximate surface area is 216 Å². The van der Waals surface area contributed by atoms with Gasteiger partial charge in [-0.05, 0) is 61.9 Å². The lowest BCUT2D eigenvalue weighted by Gasteiger charge is -2.11. The number of carbonyl (C=O) groups is 4. The average molecular weight is 526 g/mol. The summed E-state index contributed by atoms with van der Waals surface area (Å²) < 4.78 is 0. The van der Waals surface area contributed by atoms with Crippen LogP contribution in [0.25, 0.3) is 0 Å². The fraction of sp³-hybridized carbons (Fsp3) is 0.120. The van der Waals surface area contributed by atoms with Gasteiger partial charge in [-0.3, -0.25) is 14.4 Å². The normalized spacial score (nSPS) is 11.3. The lowest BCUT2D eigenvalue weighted by atomic mass is 10.1. The number of anilines is 3. The van der Waals surface area contributed by atoms with E-state index in [-0.39, 0.29) is 18.1 Å². The van der Waals surface area contributed by atoms with Gasteiger partial charge in [-0.25, -0.2) is 4.79 Å². The number of Topliss-reactive ketones (excluding diaryl/α,β-unsaturated/α-hetero) is 1. The minimum Gasteiger partial charge on any atom is -0.397 e. The van der Waals surface area contributed by atoms with Crippen molar-refractivity contribution in [3.63, 3.8) is 0 Å². The number of nitrogens with zero attached hydrogens (tertiary/aromatic N) is 2. The van der Waals surface area contributed by atoms with Gasteiger partial charge in [0.15, 0.2) is 0 Å². The van der Waals surface area contributed by atoms with E-state index in [0.717, 1.165) is 5.56 Å². The summed E-state index contributed by atoms with van der Waals surface area (Å²) in [5.74, 6) is -0.882. The van der Waals surface area contributed by atoms with Crippen LogP contribution in [0.4, 0.5) is 21.9 Å². The zero-order chi connectivity index (χ0) is 26.4. The first-order valence-corrected chi connectivity index (χ1v) is 11.3. The molecule has 4 amide bonds. The number of rotatable bonds is 5. The zero-order valence-electron chi connectivity index (χ0n) is 19.3. The van der Waals surface area contributed by atoms with Crippen molar-refractivity contribution < 1.29 is 19.2 Å². The molecule has 1 aliphatic heterocycles. The van der Waals surface area contributed by atoms with E-state index in [2.05, 4.69) is 20.6 Å². The molecular formula is C25H21Cl2N5O4. The Morgan fingerprint density at radius 2 is 1.61 bits per heavy atom. The Bertz CT molecular complexity index is 1500. The molecule has 0 bridgehead atoms. The maximum atomic E-state index is 12.1. The minimum atomic E-state index is -0.549. The quantitative estimate of drug-likeness (QED) is 0.339. The topological polar surface area (TPSA) is 143 Å². The second kappa shape index (κ2) is 11.6. The molecular weight excluding hydrogens is 505 g/mol. The number of hydrogen-bond donors (Lipinski definition) is 3. The van der Waals surface area contributed by atoms with Crippen LogP contribution in [0.5, 0.6) is 0 Å². The third kappa shape index (κ3) is 6.97. The van der Waals surface area contributed by atoms with Crippen molar-refractivity contribution in [2.24, 2.45) is 9.98 Å². The number of carbonyl (C=O) groups excluding carboxylic acids is 4. The first-order valence-electron chi connectivity index (χ1n) is 10.6. The van der Waals surface area contributed by atoms with Gasteiger partial charge in [0, 0.05) is 11.4 Å². The molecule has 0 fully saturated rings. The SMILES string of the molecule is CC(=O)CC(=O)Nc1ccc2c(c1)=NC(=O)N=2.Cc1cc(Cl)c(N)cc1NC(=O)c1ccccc1Cl. The number of benzene rings is 3. The predicted octanol–water partition coefficient (Wildman–Crippen LogP) is 4.11. The third-order valence-corrected chi connectivity index (χ3v) is 5.47. The maximum Gasteiger partial charge on any atom is 0.368 e. The van der Waals surface area contributed by atoms with Crippen molar-refractivity contribution >= 4 is 63.9 Å². The van der Waals surface area contributed by atoms with E-state index in [1.165, 1.54) is 6.92 Å². The third-order valence-electron chi connectivity index (χ3n) is 4.81. The molecule has 11 heteroatoms. The molecule has 0 spiro atoms. The molecule has 0 saturated carbocycles. The predicted molar refractivity (Wildman–Crippen MR) is 138 cm³/mol. The Kier molecular flexibility index (Phi) is 8.52. The first kappa shape index (κ1) is 26.5. The lowest BCUT2D eigenvalue weighted by Crippen LogP contribution is -2.23. The largest absolute Gasteiger partial charge is 0.397 e. The van der Waals surface area contributed by atoms with Gasteiger partial charge in [0.1, 0.15) is 5.78 Å². The van der Waals surface area contributed by atoms with Gasteiger partial charge in [-0.15, -0.1) is 0 Å². The summed E-state index contributed by atoms with van der Waals surface area (Å²) >= 11 is 11.9. The summed E-state index contributed by atoms with van der Waals surface area (Å²) in [6, 6.07) is 14.4. The second-order valence-corrected chi connectivity index (χ2v) is 8.57. The highest BCUT2D eigenvalue weighted by atomic mass is 35.5. The van der Waals surface area contributed by atoms with Crippen molar-refractivity contribution in [1.82, 2.24) is 0 Å². The Hall–Kier alpha value is -4.08. The van der Waals surface area contributed by atoms with Crippen LogP contribution in [0.3, 0.4) is 0 Å². The van der Waals surface area contributed by atoms with Crippen molar-refractivity contribution in [2.45, 2.75) is 20.3 Å². The summed E-state index contributed by atoms with van der Waals surface area (Å²) in [6.07, 6.45) is -0.169. The van der Waals surface area contributed by atoms with E-state index in [1.807, 2.05) is 6.92 Å². The Morgan fingerprint density at radius 3 is 2.31 bits per heavy atom. The highest BCUT2D eigenvalue weighted by molar-refractivity contribution is 6.34. The van der Waals surface area contributed by atoms with Crippen LogP contribution in [0.2, 0.25) is 10.0 Å². The lowest BCUT2D eigenvalue weighted by molar-refractivity contribution is -0.124. The first-order chi connectivity index (χ1) is 17.0.